The minimum atomic E-state index is -0.427. The van der Waals surface area contributed by atoms with Crippen molar-refractivity contribution in [2.45, 2.75) is 12.3 Å². The lowest BCUT2D eigenvalue weighted by Crippen LogP contribution is -2.27. The van der Waals surface area contributed by atoms with Crippen molar-refractivity contribution in [2.24, 2.45) is 5.73 Å². The summed E-state index contributed by atoms with van der Waals surface area (Å²) in [4.78, 5) is 29.3. The van der Waals surface area contributed by atoms with E-state index in [2.05, 4.69) is 10.1 Å². The fraction of sp³-hybridized carbons (Fsp3) is 0.214. The van der Waals surface area contributed by atoms with Crippen molar-refractivity contribution in [1.29, 1.82) is 5.41 Å². The Hall–Kier alpha value is -4.57. The topological polar surface area (TPSA) is 139 Å². The van der Waals surface area contributed by atoms with Gasteiger partial charge in [0.05, 0.1) is 17.8 Å². The van der Waals surface area contributed by atoms with Crippen LogP contribution in [0.25, 0.3) is 5.69 Å². The van der Waals surface area contributed by atoms with E-state index in [0.29, 0.717) is 40.0 Å². The van der Waals surface area contributed by atoms with Crippen LogP contribution in [0, 0.1) is 5.41 Å². The molecule has 4 rings (SSSR count). The Kier molecular flexibility index (Phi) is 8.36. The Morgan fingerprint density at radius 1 is 1.13 bits per heavy atom. The number of carbonyl (C=O) groups is 1. The lowest BCUT2D eigenvalue weighted by atomic mass is 9.90. The van der Waals surface area contributed by atoms with Gasteiger partial charge in [-0.1, -0.05) is 54.1 Å². The van der Waals surface area contributed by atoms with Crippen LogP contribution in [0.3, 0.4) is 0 Å². The molecule has 0 saturated heterocycles. The third kappa shape index (κ3) is 6.29. The summed E-state index contributed by atoms with van der Waals surface area (Å²) < 4.78 is 12.5. The number of nitrogens with two attached hydrogens (primary N) is 1. The molecule has 0 bridgehead atoms. The molecule has 0 radical (unpaired) electrons. The van der Waals surface area contributed by atoms with Gasteiger partial charge in [-0.15, -0.1) is 5.10 Å². The molecule has 0 aliphatic carbocycles. The number of H-pyrrole nitrogens is 1. The number of nitrogen functional groups attached to an aromatic ring is 1. The molecular weight excluding hydrogens is 520 g/mol. The van der Waals surface area contributed by atoms with Crippen molar-refractivity contribution in [3.05, 3.63) is 105 Å². The van der Waals surface area contributed by atoms with Crippen molar-refractivity contribution in [2.75, 3.05) is 27.8 Å². The Labute approximate surface area is 230 Å². The minimum Gasteiger partial charge on any atom is -0.493 e. The van der Waals surface area contributed by atoms with Crippen molar-refractivity contribution in [1.82, 2.24) is 19.7 Å². The van der Waals surface area contributed by atoms with E-state index < -0.39 is 11.6 Å². The predicted molar refractivity (Wildman–Crippen MR) is 149 cm³/mol. The third-order valence-electron chi connectivity index (χ3n) is 6.19. The summed E-state index contributed by atoms with van der Waals surface area (Å²) in [7, 11) is 4.83. The van der Waals surface area contributed by atoms with Crippen molar-refractivity contribution in [3.8, 4) is 17.2 Å². The normalized spacial score (nSPS) is 11.6. The average molecular weight is 549 g/mol. The molecule has 11 heteroatoms. The van der Waals surface area contributed by atoms with E-state index in [1.807, 2.05) is 18.2 Å². The number of amidine groups is 1. The van der Waals surface area contributed by atoms with Gasteiger partial charge in [0, 0.05) is 25.6 Å². The smallest absolute Gasteiger partial charge is 0.348 e. The molecule has 0 aliphatic rings. The van der Waals surface area contributed by atoms with Gasteiger partial charge in [-0.25, -0.2) is 4.79 Å². The van der Waals surface area contributed by atoms with Crippen LogP contribution in [0.4, 0.5) is 0 Å². The Balaban J connectivity index is 1.74. The number of methoxy groups -OCH3 is 1. The number of hydrogen-bond donors (Lipinski definition) is 3. The second-order valence-electron chi connectivity index (χ2n) is 9.03. The molecule has 0 fully saturated rings. The summed E-state index contributed by atoms with van der Waals surface area (Å²) in [5, 5.41) is 12.7. The Morgan fingerprint density at radius 3 is 2.49 bits per heavy atom. The summed E-state index contributed by atoms with van der Waals surface area (Å²) in [6.45, 7) is -0.135. The van der Waals surface area contributed by atoms with Crippen LogP contribution in [-0.2, 0) is 11.2 Å². The Morgan fingerprint density at radius 2 is 1.85 bits per heavy atom. The van der Waals surface area contributed by atoms with E-state index in [1.54, 1.807) is 62.6 Å². The van der Waals surface area contributed by atoms with Crippen LogP contribution in [0.15, 0.2) is 71.5 Å². The first kappa shape index (κ1) is 27.5. The van der Waals surface area contributed by atoms with E-state index in [0.717, 1.165) is 11.1 Å². The van der Waals surface area contributed by atoms with Crippen LogP contribution in [0.5, 0.6) is 11.5 Å². The summed E-state index contributed by atoms with van der Waals surface area (Å²) in [5.41, 5.74) is 8.00. The number of ether oxygens (including phenoxy) is 2. The molecule has 4 N–H and O–H groups in total. The van der Waals surface area contributed by atoms with Gasteiger partial charge in [0.15, 0.2) is 18.1 Å². The third-order valence-corrected chi connectivity index (χ3v) is 6.51. The van der Waals surface area contributed by atoms with E-state index in [-0.39, 0.29) is 18.3 Å². The SMILES string of the molecule is COc1cc(C(Cc2ccc(C(=N)N)cc2)c2nn(-c3ccccc3Cl)c(=O)[nH]2)ccc1OCC(=O)N(C)C. The lowest BCUT2D eigenvalue weighted by Gasteiger charge is -2.18. The number of carbonyl (C=O) groups excluding carboxylic acids is 1. The maximum Gasteiger partial charge on any atom is 0.348 e. The van der Waals surface area contributed by atoms with E-state index in [9.17, 15) is 9.59 Å². The second-order valence-corrected chi connectivity index (χ2v) is 9.44. The van der Waals surface area contributed by atoms with E-state index >= 15 is 0 Å². The summed E-state index contributed by atoms with van der Waals surface area (Å²) in [6.07, 6.45) is 0.468. The van der Waals surface area contributed by atoms with Crippen molar-refractivity contribution >= 4 is 23.3 Å². The number of nitrogens with one attached hydrogen (secondary N) is 2. The van der Waals surface area contributed by atoms with E-state index in [4.69, 9.17) is 32.2 Å². The Bertz CT molecular complexity index is 1540. The average Bonchev–Trinajstić information content (AvgIpc) is 3.31. The number of aromatic nitrogens is 3. The minimum absolute atomic E-state index is 0.0195. The van der Waals surface area contributed by atoms with Crippen LogP contribution in [-0.4, -0.2) is 59.2 Å². The highest BCUT2D eigenvalue weighted by Gasteiger charge is 2.23. The second kappa shape index (κ2) is 11.9. The van der Waals surface area contributed by atoms with Gasteiger partial charge in [-0.2, -0.15) is 4.68 Å². The molecule has 3 aromatic carbocycles. The summed E-state index contributed by atoms with van der Waals surface area (Å²) in [6, 6.07) is 19.7. The molecule has 0 saturated carbocycles. The molecule has 4 aromatic rings. The number of rotatable bonds is 10. The zero-order valence-corrected chi connectivity index (χ0v) is 22.5. The largest absolute Gasteiger partial charge is 0.493 e. The molecule has 202 valence electrons. The van der Waals surface area contributed by atoms with Gasteiger partial charge in [-0.05, 0) is 41.8 Å². The molecule has 1 atom stereocenters. The highest BCUT2D eigenvalue weighted by molar-refractivity contribution is 6.32. The van der Waals surface area contributed by atoms with Crippen LogP contribution >= 0.6 is 11.6 Å². The number of para-hydroxylation sites is 1. The van der Waals surface area contributed by atoms with Gasteiger partial charge < -0.3 is 20.1 Å². The maximum atomic E-state index is 12.9. The quantitative estimate of drug-likeness (QED) is 0.205. The number of likely N-dealkylation sites (N-methyl/N-ethyl adjacent to an activating group) is 1. The molecule has 0 aliphatic heterocycles. The highest BCUT2D eigenvalue weighted by atomic mass is 35.5. The molecule has 1 amide bonds. The first-order valence-electron chi connectivity index (χ1n) is 12.1. The number of nitrogens with zero attached hydrogens (tertiary/aromatic N) is 3. The highest BCUT2D eigenvalue weighted by Crippen LogP contribution is 2.34. The fourth-order valence-corrected chi connectivity index (χ4v) is 4.22. The summed E-state index contributed by atoms with van der Waals surface area (Å²) >= 11 is 6.34. The molecule has 0 spiro atoms. The summed E-state index contributed by atoms with van der Waals surface area (Å²) in [5.74, 6) is 0.676. The monoisotopic (exact) mass is 548 g/mol. The van der Waals surface area contributed by atoms with Gasteiger partial charge in [-0.3, -0.25) is 15.2 Å². The number of benzene rings is 3. The molecular formula is C28H29ClN6O4. The standard InChI is InChI=1S/C28H29ClN6O4/c1-34(2)25(36)16-39-23-13-12-19(15-24(23)38-3)20(14-17-8-10-18(11-9-17)26(30)31)27-32-28(37)35(33-27)22-7-5-4-6-21(22)29/h4-13,15,20H,14,16H2,1-3H3,(H3,30,31)(H,32,33,37). The molecule has 1 aromatic heterocycles. The molecule has 39 heavy (non-hydrogen) atoms. The van der Waals surface area contributed by atoms with Crippen LogP contribution in [0.1, 0.15) is 28.4 Å². The van der Waals surface area contributed by atoms with Gasteiger partial charge in [0.1, 0.15) is 11.7 Å². The zero-order valence-electron chi connectivity index (χ0n) is 21.8. The molecule has 1 unspecified atom stereocenters. The van der Waals surface area contributed by atoms with Crippen molar-refractivity contribution in [3.63, 3.8) is 0 Å². The molecule has 1 heterocycles. The van der Waals surface area contributed by atoms with Crippen LogP contribution in [0.2, 0.25) is 5.02 Å². The zero-order chi connectivity index (χ0) is 28.1. The fourth-order valence-electron chi connectivity index (χ4n) is 4.00. The van der Waals surface area contributed by atoms with Gasteiger partial charge in [0.2, 0.25) is 0 Å². The number of hydrogen-bond acceptors (Lipinski definition) is 6. The maximum absolute atomic E-state index is 12.9. The van der Waals surface area contributed by atoms with Crippen molar-refractivity contribution < 1.29 is 14.3 Å². The molecule has 10 nitrogen and oxygen atoms in total. The number of aromatic amines is 1. The van der Waals surface area contributed by atoms with Gasteiger partial charge >= 0.3 is 5.69 Å². The van der Waals surface area contributed by atoms with E-state index in [1.165, 1.54) is 16.7 Å². The number of amides is 1. The predicted octanol–water partition coefficient (Wildman–Crippen LogP) is 3.35. The number of halogens is 1. The first-order valence-corrected chi connectivity index (χ1v) is 12.4. The lowest BCUT2D eigenvalue weighted by molar-refractivity contribution is -0.130. The van der Waals surface area contributed by atoms with Crippen LogP contribution < -0.4 is 20.9 Å². The first-order chi connectivity index (χ1) is 18.7. The van der Waals surface area contributed by atoms with Gasteiger partial charge in [0.25, 0.3) is 5.91 Å².